The molecule has 0 bridgehead atoms. The fourth-order valence-electron chi connectivity index (χ4n) is 2.17. The van der Waals surface area contributed by atoms with Gasteiger partial charge in [-0.2, -0.15) is 0 Å². The minimum absolute atomic E-state index is 0.114. The first-order chi connectivity index (χ1) is 8.43. The van der Waals surface area contributed by atoms with Crippen LogP contribution in [0.4, 0.5) is 0 Å². The molecule has 1 rings (SSSR count). The van der Waals surface area contributed by atoms with E-state index < -0.39 is 0 Å². The maximum Gasteiger partial charge on any atom is 0.167 e. The van der Waals surface area contributed by atoms with Gasteiger partial charge < -0.3 is 10.5 Å². The second-order valence-corrected chi connectivity index (χ2v) is 5.02. The predicted octanol–water partition coefficient (Wildman–Crippen LogP) is 2.73. The quantitative estimate of drug-likeness (QED) is 0.816. The van der Waals surface area contributed by atoms with Crippen molar-refractivity contribution in [1.29, 1.82) is 0 Å². The highest BCUT2D eigenvalue weighted by molar-refractivity contribution is 5.99. The first-order valence-corrected chi connectivity index (χ1v) is 6.32. The van der Waals surface area contributed by atoms with Crippen molar-refractivity contribution in [3.8, 4) is 5.75 Å². The summed E-state index contributed by atoms with van der Waals surface area (Å²) in [4.78, 5) is 12.5. The molecule has 0 radical (unpaired) electrons. The Bertz CT molecular complexity index is 438. The van der Waals surface area contributed by atoms with Gasteiger partial charge in [-0.3, -0.25) is 4.79 Å². The molecule has 2 N–H and O–H groups in total. The van der Waals surface area contributed by atoms with E-state index in [1.165, 1.54) is 0 Å². The molecule has 0 amide bonds. The van der Waals surface area contributed by atoms with Crippen LogP contribution in [0.2, 0.25) is 0 Å². The zero-order chi connectivity index (χ0) is 13.9. The van der Waals surface area contributed by atoms with E-state index in [4.69, 9.17) is 10.5 Å². The van der Waals surface area contributed by atoms with Crippen LogP contribution < -0.4 is 10.5 Å². The number of carbonyl (C=O) groups is 1. The summed E-state index contributed by atoms with van der Waals surface area (Å²) in [5, 5.41) is 0. The molecule has 0 aliphatic heterocycles. The van der Waals surface area contributed by atoms with Crippen molar-refractivity contribution in [3.63, 3.8) is 0 Å². The number of rotatable bonds is 5. The van der Waals surface area contributed by atoms with Gasteiger partial charge in [-0.1, -0.05) is 13.8 Å². The Balaban J connectivity index is 3.18. The van der Waals surface area contributed by atoms with Crippen molar-refractivity contribution in [2.45, 2.75) is 27.7 Å². The third-order valence-corrected chi connectivity index (χ3v) is 3.62. The van der Waals surface area contributed by atoms with E-state index in [0.29, 0.717) is 6.54 Å². The minimum Gasteiger partial charge on any atom is -0.496 e. The summed E-state index contributed by atoms with van der Waals surface area (Å²) < 4.78 is 5.26. The molecule has 3 nitrogen and oxygen atoms in total. The van der Waals surface area contributed by atoms with Crippen LogP contribution in [-0.2, 0) is 0 Å². The van der Waals surface area contributed by atoms with Gasteiger partial charge in [0.25, 0.3) is 0 Å². The van der Waals surface area contributed by atoms with Crippen LogP contribution >= 0.6 is 0 Å². The molecular weight excluding hydrogens is 226 g/mol. The van der Waals surface area contributed by atoms with Crippen LogP contribution in [0.25, 0.3) is 0 Å². The Kier molecular flexibility index (Phi) is 4.91. The van der Waals surface area contributed by atoms with E-state index in [9.17, 15) is 4.79 Å². The summed E-state index contributed by atoms with van der Waals surface area (Å²) >= 11 is 0. The summed E-state index contributed by atoms with van der Waals surface area (Å²) in [6.07, 6.45) is 0. The van der Waals surface area contributed by atoms with E-state index in [1.54, 1.807) is 7.11 Å². The van der Waals surface area contributed by atoms with Crippen LogP contribution in [-0.4, -0.2) is 19.4 Å². The summed E-state index contributed by atoms with van der Waals surface area (Å²) in [5.41, 5.74) is 8.47. The Morgan fingerprint density at radius 3 is 2.33 bits per heavy atom. The average Bonchev–Trinajstić information content (AvgIpc) is 2.32. The SMILES string of the molecule is COc1ccc(C(=O)C(CN)C(C)C)c(C)c1C. The van der Waals surface area contributed by atoms with E-state index >= 15 is 0 Å². The average molecular weight is 249 g/mol. The van der Waals surface area contributed by atoms with Crippen LogP contribution in [0, 0.1) is 25.7 Å². The molecule has 1 unspecified atom stereocenters. The number of nitrogens with two attached hydrogens (primary N) is 1. The Morgan fingerprint density at radius 1 is 1.28 bits per heavy atom. The van der Waals surface area contributed by atoms with Gasteiger partial charge in [-0.25, -0.2) is 0 Å². The summed E-state index contributed by atoms with van der Waals surface area (Å²) in [5.74, 6) is 1.09. The molecule has 0 fully saturated rings. The van der Waals surface area contributed by atoms with Gasteiger partial charge in [0, 0.05) is 18.0 Å². The monoisotopic (exact) mass is 249 g/mol. The van der Waals surface area contributed by atoms with Crippen LogP contribution in [0.5, 0.6) is 5.75 Å². The molecule has 0 heterocycles. The second kappa shape index (κ2) is 6.01. The van der Waals surface area contributed by atoms with Crippen LogP contribution in [0.15, 0.2) is 12.1 Å². The van der Waals surface area contributed by atoms with E-state index in [1.807, 2.05) is 39.8 Å². The molecule has 0 aromatic heterocycles. The fourth-order valence-corrected chi connectivity index (χ4v) is 2.17. The fraction of sp³-hybridized carbons (Fsp3) is 0.533. The Morgan fingerprint density at radius 2 is 1.89 bits per heavy atom. The van der Waals surface area contributed by atoms with Gasteiger partial charge in [0.1, 0.15) is 5.75 Å². The number of hydrogen-bond acceptors (Lipinski definition) is 3. The van der Waals surface area contributed by atoms with Crippen molar-refractivity contribution in [3.05, 3.63) is 28.8 Å². The van der Waals surface area contributed by atoms with Crippen LogP contribution in [0.1, 0.15) is 35.3 Å². The number of hydrogen-bond donors (Lipinski definition) is 1. The molecule has 0 saturated heterocycles. The summed E-state index contributed by atoms with van der Waals surface area (Å²) in [6, 6.07) is 3.69. The first-order valence-electron chi connectivity index (χ1n) is 6.32. The normalized spacial score (nSPS) is 12.6. The minimum atomic E-state index is -0.114. The number of benzene rings is 1. The zero-order valence-electron chi connectivity index (χ0n) is 11.9. The molecule has 0 saturated carbocycles. The summed E-state index contributed by atoms with van der Waals surface area (Å²) in [7, 11) is 1.64. The molecule has 0 spiro atoms. The number of ether oxygens (including phenoxy) is 1. The molecule has 1 atom stereocenters. The lowest BCUT2D eigenvalue weighted by Crippen LogP contribution is -2.29. The van der Waals surface area contributed by atoms with Crippen LogP contribution in [0.3, 0.4) is 0 Å². The molecule has 3 heteroatoms. The highest BCUT2D eigenvalue weighted by atomic mass is 16.5. The first kappa shape index (κ1) is 14.7. The lowest BCUT2D eigenvalue weighted by Gasteiger charge is -2.20. The number of carbonyl (C=O) groups excluding carboxylic acids is 1. The third-order valence-electron chi connectivity index (χ3n) is 3.62. The highest BCUT2D eigenvalue weighted by Gasteiger charge is 2.24. The molecule has 1 aromatic carbocycles. The topological polar surface area (TPSA) is 52.3 Å². The van der Waals surface area contributed by atoms with Crippen molar-refractivity contribution >= 4 is 5.78 Å². The van der Waals surface area contributed by atoms with Gasteiger partial charge in [0.2, 0.25) is 0 Å². The zero-order valence-corrected chi connectivity index (χ0v) is 11.9. The van der Waals surface area contributed by atoms with Gasteiger partial charge in [-0.15, -0.1) is 0 Å². The number of Topliss-reactive ketones (excluding diaryl/α,β-unsaturated/α-hetero) is 1. The van der Waals surface area contributed by atoms with E-state index in [-0.39, 0.29) is 17.6 Å². The molecule has 18 heavy (non-hydrogen) atoms. The Hall–Kier alpha value is -1.35. The van der Waals surface area contributed by atoms with Gasteiger partial charge in [0.15, 0.2) is 5.78 Å². The second-order valence-electron chi connectivity index (χ2n) is 5.02. The molecule has 0 aliphatic rings. The van der Waals surface area contributed by atoms with E-state index in [2.05, 4.69) is 0 Å². The van der Waals surface area contributed by atoms with Crippen molar-refractivity contribution in [2.24, 2.45) is 17.6 Å². The standard InChI is InChI=1S/C15H23NO2/c1-9(2)13(8-16)15(17)12-6-7-14(18-5)11(4)10(12)3/h6-7,9,13H,8,16H2,1-5H3. The molecule has 1 aromatic rings. The lowest BCUT2D eigenvalue weighted by molar-refractivity contribution is 0.0891. The highest BCUT2D eigenvalue weighted by Crippen LogP contribution is 2.27. The van der Waals surface area contributed by atoms with Crippen molar-refractivity contribution < 1.29 is 9.53 Å². The number of ketones is 1. The maximum atomic E-state index is 12.5. The lowest BCUT2D eigenvalue weighted by atomic mass is 9.85. The van der Waals surface area contributed by atoms with Crippen molar-refractivity contribution in [1.82, 2.24) is 0 Å². The maximum absolute atomic E-state index is 12.5. The molecular formula is C15H23NO2. The van der Waals surface area contributed by atoms with Gasteiger partial charge >= 0.3 is 0 Å². The van der Waals surface area contributed by atoms with Crippen molar-refractivity contribution in [2.75, 3.05) is 13.7 Å². The Labute approximate surface area is 109 Å². The molecule has 100 valence electrons. The smallest absolute Gasteiger partial charge is 0.167 e. The molecule has 0 aliphatic carbocycles. The van der Waals surface area contributed by atoms with E-state index in [0.717, 1.165) is 22.4 Å². The van der Waals surface area contributed by atoms with Gasteiger partial charge in [0.05, 0.1) is 7.11 Å². The largest absolute Gasteiger partial charge is 0.496 e. The third kappa shape index (κ3) is 2.72. The summed E-state index contributed by atoms with van der Waals surface area (Å²) in [6.45, 7) is 8.38. The number of methoxy groups -OCH3 is 1. The van der Waals surface area contributed by atoms with Gasteiger partial charge in [-0.05, 0) is 43.0 Å². The predicted molar refractivity (Wildman–Crippen MR) is 74.2 cm³/mol.